The lowest BCUT2D eigenvalue weighted by atomic mass is 9.91. The molecule has 33 heavy (non-hydrogen) atoms. The Labute approximate surface area is 196 Å². The lowest BCUT2D eigenvalue weighted by Gasteiger charge is -2.33. The third-order valence-corrected chi connectivity index (χ3v) is 9.29. The minimum atomic E-state index is -3.79. The van der Waals surface area contributed by atoms with E-state index < -0.39 is 15.8 Å². The number of amides is 1. The van der Waals surface area contributed by atoms with E-state index in [0.29, 0.717) is 18.0 Å². The van der Waals surface area contributed by atoms with Crippen LogP contribution in [0.3, 0.4) is 0 Å². The second kappa shape index (κ2) is 8.55. The van der Waals surface area contributed by atoms with E-state index in [0.717, 1.165) is 35.1 Å². The minimum absolute atomic E-state index is 0.0662. The van der Waals surface area contributed by atoms with Gasteiger partial charge in [0.1, 0.15) is 11.6 Å². The molecule has 0 radical (unpaired) electrons. The maximum absolute atomic E-state index is 13.5. The zero-order valence-corrected chi connectivity index (χ0v) is 19.7. The first-order valence-corrected chi connectivity index (χ1v) is 13.0. The first-order valence-electron chi connectivity index (χ1n) is 10.7. The number of benzene rings is 2. The van der Waals surface area contributed by atoms with Gasteiger partial charge in [-0.1, -0.05) is 6.07 Å². The highest BCUT2D eigenvalue weighted by molar-refractivity contribution is 7.89. The molecule has 0 atom stereocenters. The Bertz CT molecular complexity index is 1330. The van der Waals surface area contributed by atoms with Crippen LogP contribution in [0, 0.1) is 5.82 Å². The monoisotopic (exact) mass is 486 g/mol. The first-order chi connectivity index (χ1) is 15.9. The van der Waals surface area contributed by atoms with Gasteiger partial charge in [0.05, 0.1) is 16.9 Å². The van der Waals surface area contributed by atoms with Crippen LogP contribution in [0.1, 0.15) is 20.8 Å². The van der Waals surface area contributed by atoms with Gasteiger partial charge >= 0.3 is 0 Å². The molecule has 0 bridgehead atoms. The lowest BCUT2D eigenvalue weighted by molar-refractivity contribution is 0.0702. The van der Waals surface area contributed by atoms with Gasteiger partial charge in [-0.15, -0.1) is 11.3 Å². The van der Waals surface area contributed by atoms with Crippen LogP contribution in [0.2, 0.25) is 0 Å². The van der Waals surface area contributed by atoms with Crippen LogP contribution in [0.4, 0.5) is 4.39 Å². The van der Waals surface area contributed by atoms with E-state index >= 15 is 0 Å². The zero-order valence-electron chi connectivity index (χ0n) is 18.1. The number of ether oxygens (including phenoxy) is 1. The SMILES string of the molecule is COc1ccc2c(c1)CCc1cc(C(=O)N3CCN(S(=O)(=O)c4cccc(F)c4)CC3)sc1-2. The summed E-state index contributed by atoms with van der Waals surface area (Å²) in [5, 5.41) is 0. The summed E-state index contributed by atoms with van der Waals surface area (Å²) < 4.78 is 45.8. The molecule has 6 nitrogen and oxygen atoms in total. The Balaban J connectivity index is 1.31. The summed E-state index contributed by atoms with van der Waals surface area (Å²) >= 11 is 1.49. The van der Waals surface area contributed by atoms with Crippen molar-refractivity contribution in [2.24, 2.45) is 0 Å². The Morgan fingerprint density at radius 1 is 1.00 bits per heavy atom. The van der Waals surface area contributed by atoms with Crippen molar-refractivity contribution in [2.45, 2.75) is 17.7 Å². The molecule has 0 unspecified atom stereocenters. The van der Waals surface area contributed by atoms with Crippen molar-refractivity contribution < 1.29 is 22.3 Å². The van der Waals surface area contributed by atoms with Crippen molar-refractivity contribution in [3.8, 4) is 16.2 Å². The quantitative estimate of drug-likeness (QED) is 0.563. The van der Waals surface area contributed by atoms with Gasteiger partial charge in [0.15, 0.2) is 0 Å². The molecule has 0 spiro atoms. The number of aryl methyl sites for hydroxylation is 2. The van der Waals surface area contributed by atoms with E-state index in [2.05, 4.69) is 6.07 Å². The number of hydrogen-bond donors (Lipinski definition) is 0. The molecule has 1 saturated heterocycles. The second-order valence-corrected chi connectivity index (χ2v) is 11.1. The molecule has 0 saturated carbocycles. The average molecular weight is 487 g/mol. The van der Waals surface area contributed by atoms with Crippen LogP contribution in [0.5, 0.6) is 5.75 Å². The third kappa shape index (κ3) is 4.05. The van der Waals surface area contributed by atoms with Gasteiger partial charge in [0, 0.05) is 31.1 Å². The molecule has 172 valence electrons. The van der Waals surface area contributed by atoms with Gasteiger partial charge in [0.25, 0.3) is 5.91 Å². The highest BCUT2D eigenvalue weighted by Gasteiger charge is 2.32. The van der Waals surface area contributed by atoms with Crippen LogP contribution < -0.4 is 4.74 Å². The number of thiophene rings is 1. The summed E-state index contributed by atoms with van der Waals surface area (Å²) in [6.07, 6.45) is 1.78. The Kier molecular flexibility index (Phi) is 5.72. The van der Waals surface area contributed by atoms with Crippen molar-refractivity contribution >= 4 is 27.3 Å². The van der Waals surface area contributed by atoms with Gasteiger partial charge in [-0.2, -0.15) is 4.31 Å². The number of halogens is 1. The average Bonchev–Trinajstić information content (AvgIpc) is 3.28. The predicted molar refractivity (Wildman–Crippen MR) is 125 cm³/mol. The number of piperazine rings is 1. The van der Waals surface area contributed by atoms with E-state index in [1.807, 2.05) is 18.2 Å². The number of fused-ring (bicyclic) bond motifs is 3. The van der Waals surface area contributed by atoms with E-state index in [1.54, 1.807) is 12.0 Å². The Morgan fingerprint density at radius 3 is 2.48 bits per heavy atom. The summed E-state index contributed by atoms with van der Waals surface area (Å²) in [5.74, 6) is 0.162. The fraction of sp³-hybridized carbons (Fsp3) is 0.292. The summed E-state index contributed by atoms with van der Waals surface area (Å²) in [6.45, 7) is 0.948. The molecule has 0 N–H and O–H groups in total. The number of hydrogen-bond acceptors (Lipinski definition) is 5. The molecule has 2 aliphatic rings. The largest absolute Gasteiger partial charge is 0.497 e. The van der Waals surface area contributed by atoms with Crippen molar-refractivity contribution in [3.63, 3.8) is 0 Å². The number of nitrogens with zero attached hydrogens (tertiary/aromatic N) is 2. The van der Waals surface area contributed by atoms with Crippen molar-refractivity contribution in [1.82, 2.24) is 9.21 Å². The van der Waals surface area contributed by atoms with Gasteiger partial charge < -0.3 is 9.64 Å². The molecule has 1 aliphatic carbocycles. The van der Waals surface area contributed by atoms with Gasteiger partial charge in [-0.05, 0) is 72.0 Å². The Hall–Kier alpha value is -2.75. The topological polar surface area (TPSA) is 66.9 Å². The van der Waals surface area contributed by atoms with Crippen LogP contribution >= 0.6 is 11.3 Å². The smallest absolute Gasteiger partial charge is 0.264 e. The summed E-state index contributed by atoms with van der Waals surface area (Å²) in [7, 11) is -2.14. The molecule has 9 heteroatoms. The number of rotatable bonds is 4. The molecular weight excluding hydrogens is 463 g/mol. The number of carbonyl (C=O) groups is 1. The van der Waals surface area contributed by atoms with E-state index in [9.17, 15) is 17.6 Å². The fourth-order valence-electron chi connectivity index (χ4n) is 4.41. The molecule has 1 amide bonds. The normalized spacial score (nSPS) is 16.2. The summed E-state index contributed by atoms with van der Waals surface area (Å²) in [4.78, 5) is 16.6. The molecule has 2 heterocycles. The summed E-state index contributed by atoms with van der Waals surface area (Å²) in [6, 6.07) is 13.0. The maximum Gasteiger partial charge on any atom is 0.264 e. The Morgan fingerprint density at radius 2 is 1.76 bits per heavy atom. The highest BCUT2D eigenvalue weighted by Crippen LogP contribution is 2.41. The molecule has 1 fully saturated rings. The number of methoxy groups -OCH3 is 1. The standard InChI is InChI=1S/C24H23FN2O4S2/c1-31-19-7-8-21-16(13-19)5-6-17-14-22(32-23(17)21)24(28)26-9-11-27(12-10-26)33(29,30)20-4-2-3-18(25)15-20/h2-4,7-8,13-15H,5-6,9-12H2,1H3. The van der Waals surface area contributed by atoms with Crippen molar-refractivity contribution in [1.29, 1.82) is 0 Å². The summed E-state index contributed by atoms with van der Waals surface area (Å²) in [5.41, 5.74) is 3.54. The van der Waals surface area contributed by atoms with Gasteiger partial charge in [-0.25, -0.2) is 12.8 Å². The van der Waals surface area contributed by atoms with Gasteiger partial charge in [-0.3, -0.25) is 4.79 Å². The van der Waals surface area contributed by atoms with Crippen LogP contribution in [0.25, 0.3) is 10.4 Å². The van der Waals surface area contributed by atoms with E-state index in [-0.39, 0.29) is 23.9 Å². The van der Waals surface area contributed by atoms with Crippen molar-refractivity contribution in [3.05, 3.63) is 70.4 Å². The first kappa shape index (κ1) is 22.1. The third-order valence-electron chi connectivity index (χ3n) is 6.20. The predicted octanol–water partition coefficient (Wildman–Crippen LogP) is 3.81. The van der Waals surface area contributed by atoms with Crippen LogP contribution in [0.15, 0.2) is 53.4 Å². The van der Waals surface area contributed by atoms with E-state index in [1.165, 1.54) is 45.0 Å². The molecule has 5 rings (SSSR count). The minimum Gasteiger partial charge on any atom is -0.497 e. The van der Waals surface area contributed by atoms with Gasteiger partial charge in [0.2, 0.25) is 10.0 Å². The molecular formula is C24H23FN2O4S2. The molecule has 3 aromatic rings. The van der Waals surface area contributed by atoms with Crippen LogP contribution in [-0.4, -0.2) is 56.8 Å². The highest BCUT2D eigenvalue weighted by atomic mass is 32.2. The number of sulfonamides is 1. The molecule has 1 aliphatic heterocycles. The van der Waals surface area contributed by atoms with Crippen molar-refractivity contribution in [2.75, 3.05) is 33.3 Å². The molecule has 2 aromatic carbocycles. The maximum atomic E-state index is 13.5. The van der Waals surface area contributed by atoms with E-state index in [4.69, 9.17) is 4.74 Å². The van der Waals surface area contributed by atoms with Crippen LogP contribution in [-0.2, 0) is 22.9 Å². The zero-order chi connectivity index (χ0) is 23.2. The fourth-order valence-corrected chi connectivity index (χ4v) is 7.10. The second-order valence-electron chi connectivity index (χ2n) is 8.14. The number of carbonyl (C=O) groups excluding carboxylic acids is 1. The lowest BCUT2D eigenvalue weighted by Crippen LogP contribution is -2.50. The molecule has 1 aromatic heterocycles.